The van der Waals surface area contributed by atoms with Gasteiger partial charge in [0.25, 0.3) is 0 Å². The number of hydrogen-bond acceptors (Lipinski definition) is 6. The minimum atomic E-state index is -0.726. The molecule has 7 heteroatoms. The summed E-state index contributed by atoms with van der Waals surface area (Å²) in [6, 6.07) is 14.6. The number of benzene rings is 2. The van der Waals surface area contributed by atoms with Crippen LogP contribution in [0.2, 0.25) is 0 Å². The average Bonchev–Trinajstić information content (AvgIpc) is 3.33. The van der Waals surface area contributed by atoms with Gasteiger partial charge in [-0.15, -0.1) is 0 Å². The standard InChI is InChI=1S/C25H25NO6/c1-5-29-23(27)20-13-18-19(26(20)24(28)32-25(2,3)4)10-8-12-22(18)31-15-16-14-30-21-11-7-6-9-17(16)21/h6-14H,5,15H2,1-4H3. The molecule has 2 heterocycles. The average molecular weight is 435 g/mol. The van der Waals surface area contributed by atoms with Crippen molar-refractivity contribution in [3.05, 3.63) is 66.1 Å². The Hall–Kier alpha value is -3.74. The Balaban J connectivity index is 1.73. The van der Waals surface area contributed by atoms with Crippen LogP contribution in [0.1, 0.15) is 43.7 Å². The van der Waals surface area contributed by atoms with E-state index in [-0.39, 0.29) is 18.9 Å². The summed E-state index contributed by atoms with van der Waals surface area (Å²) in [5.41, 5.74) is 1.54. The molecule has 4 rings (SSSR count). The van der Waals surface area contributed by atoms with Gasteiger partial charge in [0.1, 0.15) is 29.2 Å². The molecule has 0 saturated heterocycles. The normalized spacial score (nSPS) is 11.6. The topological polar surface area (TPSA) is 79.9 Å². The molecular formula is C25H25NO6. The number of ether oxygens (including phenoxy) is 3. The second-order valence-electron chi connectivity index (χ2n) is 8.30. The van der Waals surface area contributed by atoms with Gasteiger partial charge in [0, 0.05) is 16.3 Å². The van der Waals surface area contributed by atoms with Crippen molar-refractivity contribution in [2.75, 3.05) is 6.61 Å². The van der Waals surface area contributed by atoms with Crippen molar-refractivity contribution < 1.29 is 28.2 Å². The number of aromatic nitrogens is 1. The zero-order valence-electron chi connectivity index (χ0n) is 18.5. The minimum absolute atomic E-state index is 0.0842. The summed E-state index contributed by atoms with van der Waals surface area (Å²) >= 11 is 0. The van der Waals surface area contributed by atoms with Gasteiger partial charge in [-0.2, -0.15) is 0 Å². The third kappa shape index (κ3) is 4.19. The lowest BCUT2D eigenvalue weighted by molar-refractivity contribution is 0.0454. The van der Waals surface area contributed by atoms with Crippen LogP contribution in [0, 0.1) is 0 Å². The zero-order chi connectivity index (χ0) is 22.9. The Labute approximate surface area is 185 Å². The molecule has 0 unspecified atom stereocenters. The lowest BCUT2D eigenvalue weighted by Crippen LogP contribution is -2.29. The number of carbonyl (C=O) groups is 2. The third-order valence-corrected chi connectivity index (χ3v) is 4.81. The summed E-state index contributed by atoms with van der Waals surface area (Å²) in [7, 11) is 0. The largest absolute Gasteiger partial charge is 0.488 e. The van der Waals surface area contributed by atoms with E-state index in [1.54, 1.807) is 58.2 Å². The first-order valence-electron chi connectivity index (χ1n) is 10.4. The molecular weight excluding hydrogens is 410 g/mol. The van der Waals surface area contributed by atoms with Gasteiger partial charge in [-0.05, 0) is 52.0 Å². The van der Waals surface area contributed by atoms with Crippen molar-refractivity contribution in [1.82, 2.24) is 4.57 Å². The highest BCUT2D eigenvalue weighted by molar-refractivity contribution is 6.03. The van der Waals surface area contributed by atoms with Crippen LogP contribution in [0.3, 0.4) is 0 Å². The van der Waals surface area contributed by atoms with Crippen molar-refractivity contribution >= 4 is 33.9 Å². The summed E-state index contributed by atoms with van der Waals surface area (Å²) < 4.78 is 23.6. The van der Waals surface area contributed by atoms with Gasteiger partial charge in [-0.3, -0.25) is 0 Å². The number of rotatable bonds is 5. The quantitative estimate of drug-likeness (QED) is 0.362. The van der Waals surface area contributed by atoms with E-state index in [0.29, 0.717) is 16.7 Å². The summed E-state index contributed by atoms with van der Waals surface area (Å²) in [6.07, 6.45) is 1.01. The Morgan fingerprint density at radius 1 is 1.03 bits per heavy atom. The minimum Gasteiger partial charge on any atom is -0.488 e. The van der Waals surface area contributed by atoms with Crippen LogP contribution >= 0.6 is 0 Å². The maximum atomic E-state index is 12.9. The zero-order valence-corrected chi connectivity index (χ0v) is 18.5. The van der Waals surface area contributed by atoms with Crippen molar-refractivity contribution in [3.8, 4) is 5.75 Å². The number of nitrogens with zero attached hydrogens (tertiary/aromatic N) is 1. The fourth-order valence-electron chi connectivity index (χ4n) is 3.49. The second-order valence-corrected chi connectivity index (χ2v) is 8.30. The number of esters is 1. The Morgan fingerprint density at radius 3 is 2.56 bits per heavy atom. The van der Waals surface area contributed by atoms with Crippen LogP contribution < -0.4 is 4.74 Å². The highest BCUT2D eigenvalue weighted by Crippen LogP contribution is 2.31. The second kappa shape index (κ2) is 8.42. The SMILES string of the molecule is CCOC(=O)c1cc2c(OCc3coc4ccccc34)cccc2n1C(=O)OC(C)(C)C. The van der Waals surface area contributed by atoms with E-state index in [4.69, 9.17) is 18.6 Å². The van der Waals surface area contributed by atoms with Crippen LogP contribution in [0.5, 0.6) is 5.75 Å². The van der Waals surface area contributed by atoms with Crippen molar-refractivity contribution in [2.24, 2.45) is 0 Å². The molecule has 0 N–H and O–H groups in total. The Morgan fingerprint density at radius 2 is 1.81 bits per heavy atom. The lowest BCUT2D eigenvalue weighted by Gasteiger charge is -2.20. The van der Waals surface area contributed by atoms with Gasteiger partial charge in [-0.1, -0.05) is 24.3 Å². The highest BCUT2D eigenvalue weighted by Gasteiger charge is 2.27. The molecule has 7 nitrogen and oxygen atoms in total. The van der Waals surface area contributed by atoms with Gasteiger partial charge in [0.05, 0.1) is 18.4 Å². The van der Waals surface area contributed by atoms with Crippen LogP contribution in [0.25, 0.3) is 21.9 Å². The monoisotopic (exact) mass is 435 g/mol. The predicted molar refractivity (Wildman–Crippen MR) is 120 cm³/mol. The number of hydrogen-bond donors (Lipinski definition) is 0. The fraction of sp³-hybridized carbons (Fsp3) is 0.280. The van der Waals surface area contributed by atoms with Crippen LogP contribution in [0.4, 0.5) is 4.79 Å². The molecule has 2 aromatic heterocycles. The molecule has 0 saturated carbocycles. The van der Waals surface area contributed by atoms with Crippen molar-refractivity contribution in [3.63, 3.8) is 0 Å². The van der Waals surface area contributed by atoms with Gasteiger partial charge in [0.2, 0.25) is 0 Å². The van der Waals surface area contributed by atoms with Crippen LogP contribution in [-0.2, 0) is 16.1 Å². The van der Waals surface area contributed by atoms with Crippen LogP contribution in [-0.4, -0.2) is 28.8 Å². The van der Waals surface area contributed by atoms with Gasteiger partial charge in [-0.25, -0.2) is 14.2 Å². The molecule has 0 amide bonds. The summed E-state index contributed by atoms with van der Waals surface area (Å²) in [4.78, 5) is 25.6. The molecule has 0 radical (unpaired) electrons. The maximum Gasteiger partial charge on any atom is 0.419 e. The van der Waals surface area contributed by atoms with E-state index < -0.39 is 17.7 Å². The molecule has 4 aromatic rings. The van der Waals surface area contributed by atoms with Gasteiger partial charge < -0.3 is 18.6 Å². The highest BCUT2D eigenvalue weighted by atomic mass is 16.6. The molecule has 0 atom stereocenters. The molecule has 0 aliphatic carbocycles. The maximum absolute atomic E-state index is 12.9. The molecule has 166 valence electrons. The fourth-order valence-corrected chi connectivity index (χ4v) is 3.49. The van der Waals surface area contributed by atoms with E-state index in [0.717, 1.165) is 16.5 Å². The van der Waals surface area contributed by atoms with Crippen LogP contribution in [0.15, 0.2) is 59.2 Å². The number of fused-ring (bicyclic) bond motifs is 2. The van der Waals surface area contributed by atoms with Gasteiger partial charge >= 0.3 is 12.1 Å². The summed E-state index contributed by atoms with van der Waals surface area (Å²) in [5.74, 6) is -0.0815. The first kappa shape index (κ1) is 21.5. The van der Waals surface area contributed by atoms with E-state index in [1.807, 2.05) is 24.3 Å². The Bertz CT molecular complexity index is 1290. The van der Waals surface area contributed by atoms with E-state index in [1.165, 1.54) is 4.57 Å². The predicted octanol–water partition coefficient (Wildman–Crippen LogP) is 5.93. The molecule has 0 fully saturated rings. The smallest absolute Gasteiger partial charge is 0.419 e. The van der Waals surface area contributed by atoms with Gasteiger partial charge in [0.15, 0.2) is 0 Å². The van der Waals surface area contributed by atoms with Crippen molar-refractivity contribution in [2.45, 2.75) is 39.9 Å². The molecule has 32 heavy (non-hydrogen) atoms. The number of para-hydroxylation sites is 1. The van der Waals surface area contributed by atoms with E-state index >= 15 is 0 Å². The summed E-state index contributed by atoms with van der Waals surface area (Å²) in [5, 5.41) is 1.58. The molecule has 0 bridgehead atoms. The lowest BCUT2D eigenvalue weighted by atomic mass is 10.2. The number of furan rings is 1. The first-order chi connectivity index (χ1) is 15.3. The van der Waals surface area contributed by atoms with E-state index in [2.05, 4.69) is 0 Å². The molecule has 0 aliphatic rings. The molecule has 0 spiro atoms. The van der Waals surface area contributed by atoms with Crippen molar-refractivity contribution in [1.29, 1.82) is 0 Å². The Kier molecular flexibility index (Phi) is 5.65. The molecule has 2 aromatic carbocycles. The third-order valence-electron chi connectivity index (χ3n) is 4.81. The number of carbonyl (C=O) groups excluding carboxylic acids is 2. The summed E-state index contributed by atoms with van der Waals surface area (Å²) in [6.45, 7) is 7.47. The van der Waals surface area contributed by atoms with E-state index in [9.17, 15) is 9.59 Å². The first-order valence-corrected chi connectivity index (χ1v) is 10.4. The molecule has 0 aliphatic heterocycles.